The second-order valence-corrected chi connectivity index (χ2v) is 6.08. The van der Waals surface area contributed by atoms with Crippen molar-refractivity contribution in [1.29, 1.82) is 0 Å². The number of aromatic nitrogens is 3. The molecule has 0 amide bonds. The highest BCUT2D eigenvalue weighted by Crippen LogP contribution is 2.30. The Morgan fingerprint density at radius 3 is 2.43 bits per heavy atom. The number of hydrogen-bond acceptors (Lipinski definition) is 4. The summed E-state index contributed by atoms with van der Waals surface area (Å²) in [5, 5.41) is 1.27. The van der Waals surface area contributed by atoms with Crippen LogP contribution in [-0.4, -0.2) is 28.0 Å². The summed E-state index contributed by atoms with van der Waals surface area (Å²) in [5.41, 5.74) is 0.659. The molecule has 0 atom stereocenters. The van der Waals surface area contributed by atoms with Crippen molar-refractivity contribution >= 4 is 40.8 Å². The minimum absolute atomic E-state index is 0.164. The number of nitrogens with zero attached hydrogens (tertiary/aromatic N) is 4. The first-order valence-corrected chi connectivity index (χ1v) is 7.89. The van der Waals surface area contributed by atoms with Crippen molar-refractivity contribution in [2.45, 2.75) is 19.3 Å². The number of anilines is 1. The normalized spacial score (nSPS) is 15.3. The molecular weight excluding hydrogens is 331 g/mol. The van der Waals surface area contributed by atoms with Gasteiger partial charge < -0.3 is 4.90 Å². The van der Waals surface area contributed by atoms with Crippen LogP contribution in [0.15, 0.2) is 18.2 Å². The minimum atomic E-state index is 0.164. The Morgan fingerprint density at radius 2 is 1.67 bits per heavy atom. The molecule has 1 aromatic carbocycles. The standard InChI is InChI=1S/C14H13Cl3N4/c15-9-4-5-11(16)10(8-9)12-18-13(17)20-14(19-12)21-6-2-1-3-7-21/h4-5,8H,1-3,6-7H2. The van der Waals surface area contributed by atoms with Gasteiger partial charge in [0.1, 0.15) is 0 Å². The van der Waals surface area contributed by atoms with Crippen LogP contribution in [0.4, 0.5) is 5.95 Å². The van der Waals surface area contributed by atoms with E-state index in [1.807, 2.05) is 0 Å². The van der Waals surface area contributed by atoms with Crippen molar-refractivity contribution in [3.63, 3.8) is 0 Å². The highest BCUT2D eigenvalue weighted by atomic mass is 35.5. The predicted molar refractivity (Wildman–Crippen MR) is 86.4 cm³/mol. The molecule has 4 nitrogen and oxygen atoms in total. The number of hydrogen-bond donors (Lipinski definition) is 0. The van der Waals surface area contributed by atoms with Crippen LogP contribution in [0.1, 0.15) is 19.3 Å². The zero-order chi connectivity index (χ0) is 14.8. The summed E-state index contributed by atoms with van der Waals surface area (Å²) in [6.07, 6.45) is 3.51. The molecule has 2 heterocycles. The first kappa shape index (κ1) is 14.8. The molecule has 0 bridgehead atoms. The van der Waals surface area contributed by atoms with Gasteiger partial charge in [-0.2, -0.15) is 15.0 Å². The molecular formula is C14H13Cl3N4. The van der Waals surface area contributed by atoms with Crippen molar-refractivity contribution in [2.24, 2.45) is 0 Å². The lowest BCUT2D eigenvalue weighted by Crippen LogP contribution is -2.31. The smallest absolute Gasteiger partial charge is 0.230 e. The van der Waals surface area contributed by atoms with Crippen LogP contribution >= 0.6 is 34.8 Å². The molecule has 0 saturated carbocycles. The fourth-order valence-corrected chi connectivity index (χ4v) is 2.89. The van der Waals surface area contributed by atoms with E-state index in [1.54, 1.807) is 18.2 Å². The molecule has 110 valence electrons. The van der Waals surface area contributed by atoms with Gasteiger partial charge in [0.2, 0.25) is 11.2 Å². The summed E-state index contributed by atoms with van der Waals surface area (Å²) in [6, 6.07) is 5.18. The van der Waals surface area contributed by atoms with Gasteiger partial charge in [0.25, 0.3) is 0 Å². The fourth-order valence-electron chi connectivity index (χ4n) is 2.36. The third-order valence-electron chi connectivity index (χ3n) is 3.40. The van der Waals surface area contributed by atoms with Crippen LogP contribution in [0.3, 0.4) is 0 Å². The molecule has 2 aromatic rings. The Bertz CT molecular complexity index is 657. The molecule has 3 rings (SSSR count). The molecule has 0 N–H and O–H groups in total. The van der Waals surface area contributed by atoms with E-state index in [2.05, 4.69) is 19.9 Å². The number of rotatable bonds is 2. The van der Waals surface area contributed by atoms with Crippen molar-refractivity contribution in [2.75, 3.05) is 18.0 Å². The topological polar surface area (TPSA) is 41.9 Å². The second kappa shape index (κ2) is 6.34. The van der Waals surface area contributed by atoms with Crippen LogP contribution in [0, 0.1) is 0 Å². The molecule has 1 aromatic heterocycles. The van der Waals surface area contributed by atoms with Crippen LogP contribution in [0.25, 0.3) is 11.4 Å². The summed E-state index contributed by atoms with van der Waals surface area (Å²) < 4.78 is 0. The van der Waals surface area contributed by atoms with Gasteiger partial charge in [-0.05, 0) is 49.1 Å². The van der Waals surface area contributed by atoms with E-state index in [4.69, 9.17) is 34.8 Å². The zero-order valence-corrected chi connectivity index (χ0v) is 13.5. The number of benzene rings is 1. The number of halogens is 3. The molecule has 0 aliphatic carbocycles. The van der Waals surface area contributed by atoms with Crippen molar-refractivity contribution in [3.8, 4) is 11.4 Å². The summed E-state index contributed by atoms with van der Waals surface area (Å²) in [6.45, 7) is 1.87. The Kier molecular flexibility index (Phi) is 4.48. The lowest BCUT2D eigenvalue weighted by molar-refractivity contribution is 0.567. The second-order valence-electron chi connectivity index (χ2n) is 4.90. The van der Waals surface area contributed by atoms with E-state index >= 15 is 0 Å². The van der Waals surface area contributed by atoms with E-state index in [9.17, 15) is 0 Å². The summed E-state index contributed by atoms with van der Waals surface area (Å²) >= 11 is 18.3. The van der Waals surface area contributed by atoms with Gasteiger partial charge in [0, 0.05) is 23.7 Å². The Hall–Kier alpha value is -1.10. The molecule has 0 unspecified atom stereocenters. The average Bonchev–Trinajstić information content (AvgIpc) is 2.50. The molecule has 1 fully saturated rings. The molecule has 1 saturated heterocycles. The zero-order valence-electron chi connectivity index (χ0n) is 11.2. The quantitative estimate of drug-likeness (QED) is 0.805. The predicted octanol–water partition coefficient (Wildman–Crippen LogP) is 4.49. The summed E-state index contributed by atoms with van der Waals surface area (Å²) in [7, 11) is 0. The van der Waals surface area contributed by atoms with E-state index < -0.39 is 0 Å². The monoisotopic (exact) mass is 342 g/mol. The molecule has 7 heteroatoms. The molecule has 0 spiro atoms. The van der Waals surface area contributed by atoms with Gasteiger partial charge >= 0.3 is 0 Å². The molecule has 1 aliphatic rings. The lowest BCUT2D eigenvalue weighted by atomic mass is 10.1. The first-order chi connectivity index (χ1) is 10.1. The van der Waals surface area contributed by atoms with Crippen molar-refractivity contribution in [1.82, 2.24) is 15.0 Å². The number of piperidine rings is 1. The van der Waals surface area contributed by atoms with Gasteiger partial charge in [0.05, 0.1) is 5.02 Å². The maximum atomic E-state index is 6.21. The van der Waals surface area contributed by atoms with E-state index in [1.165, 1.54) is 6.42 Å². The summed E-state index contributed by atoms with van der Waals surface area (Å²) in [4.78, 5) is 15.0. The van der Waals surface area contributed by atoms with Crippen LogP contribution < -0.4 is 4.90 Å². The highest BCUT2D eigenvalue weighted by molar-refractivity contribution is 6.35. The van der Waals surface area contributed by atoms with Crippen LogP contribution in [0.5, 0.6) is 0 Å². The van der Waals surface area contributed by atoms with Gasteiger partial charge in [-0.25, -0.2) is 0 Å². The maximum absolute atomic E-state index is 6.21. The Balaban J connectivity index is 2.02. The molecule has 1 aliphatic heterocycles. The van der Waals surface area contributed by atoms with Crippen molar-refractivity contribution in [3.05, 3.63) is 33.5 Å². The SMILES string of the molecule is Clc1ccc(Cl)c(-c2nc(Cl)nc(N3CCCCC3)n2)c1. The van der Waals surface area contributed by atoms with Crippen molar-refractivity contribution < 1.29 is 0 Å². The minimum Gasteiger partial charge on any atom is -0.341 e. The van der Waals surface area contributed by atoms with Gasteiger partial charge in [-0.3, -0.25) is 0 Å². The lowest BCUT2D eigenvalue weighted by Gasteiger charge is -2.26. The van der Waals surface area contributed by atoms with Gasteiger partial charge in [-0.1, -0.05) is 23.2 Å². The van der Waals surface area contributed by atoms with E-state index in [0.29, 0.717) is 27.4 Å². The van der Waals surface area contributed by atoms with E-state index in [0.717, 1.165) is 25.9 Å². The van der Waals surface area contributed by atoms with Crippen LogP contribution in [0.2, 0.25) is 15.3 Å². The molecule has 21 heavy (non-hydrogen) atoms. The van der Waals surface area contributed by atoms with E-state index in [-0.39, 0.29) is 5.28 Å². The van der Waals surface area contributed by atoms with Gasteiger partial charge in [-0.15, -0.1) is 0 Å². The fraction of sp³-hybridized carbons (Fsp3) is 0.357. The Morgan fingerprint density at radius 1 is 0.905 bits per heavy atom. The van der Waals surface area contributed by atoms with Gasteiger partial charge in [0.15, 0.2) is 5.82 Å². The average molecular weight is 344 g/mol. The first-order valence-electron chi connectivity index (χ1n) is 6.75. The largest absolute Gasteiger partial charge is 0.341 e. The Labute approximate surface area is 138 Å². The van der Waals surface area contributed by atoms with Crippen LogP contribution in [-0.2, 0) is 0 Å². The molecule has 0 radical (unpaired) electrons. The third-order valence-corrected chi connectivity index (χ3v) is 4.14. The maximum Gasteiger partial charge on any atom is 0.230 e. The third kappa shape index (κ3) is 3.39. The summed E-state index contributed by atoms with van der Waals surface area (Å²) in [5.74, 6) is 1.05. The highest BCUT2D eigenvalue weighted by Gasteiger charge is 2.17.